The summed E-state index contributed by atoms with van der Waals surface area (Å²) < 4.78 is 13.5. The van der Waals surface area contributed by atoms with E-state index in [-0.39, 0.29) is 29.8 Å². The first kappa shape index (κ1) is 21.5. The standard InChI is InChI=1S/C16H26FN3S.HI/c1-4-18-16(19-9-5-6-10-21-3)20-12-14-8-7-13(2)15(17)11-14;/h7-8,11H,4-6,9-10,12H2,1-3H3,(H2,18,19,20);1H. The molecule has 0 fully saturated rings. The summed E-state index contributed by atoms with van der Waals surface area (Å²) in [6.45, 7) is 6.02. The van der Waals surface area contributed by atoms with Crippen LogP contribution in [0, 0.1) is 12.7 Å². The van der Waals surface area contributed by atoms with Gasteiger partial charge >= 0.3 is 0 Å². The van der Waals surface area contributed by atoms with E-state index in [2.05, 4.69) is 21.9 Å². The average Bonchev–Trinajstić information content (AvgIpc) is 2.48. The maximum atomic E-state index is 13.5. The number of guanidine groups is 1. The lowest BCUT2D eigenvalue weighted by atomic mass is 10.1. The molecule has 2 N–H and O–H groups in total. The Hall–Kier alpha value is -0.500. The monoisotopic (exact) mass is 439 g/mol. The molecule has 126 valence electrons. The van der Waals surface area contributed by atoms with E-state index in [0.29, 0.717) is 12.1 Å². The van der Waals surface area contributed by atoms with Crippen LogP contribution in [0.25, 0.3) is 0 Å². The number of thioether (sulfide) groups is 1. The maximum absolute atomic E-state index is 13.5. The minimum absolute atomic E-state index is 0. The van der Waals surface area contributed by atoms with E-state index in [9.17, 15) is 4.39 Å². The summed E-state index contributed by atoms with van der Waals surface area (Å²) in [5.41, 5.74) is 1.55. The molecule has 0 saturated carbocycles. The van der Waals surface area contributed by atoms with Crippen LogP contribution in [0.15, 0.2) is 23.2 Å². The van der Waals surface area contributed by atoms with E-state index in [0.717, 1.165) is 31.0 Å². The van der Waals surface area contributed by atoms with Gasteiger partial charge in [0.2, 0.25) is 0 Å². The number of hydrogen-bond acceptors (Lipinski definition) is 2. The number of aryl methyl sites for hydroxylation is 1. The van der Waals surface area contributed by atoms with Gasteiger partial charge in [0.15, 0.2) is 5.96 Å². The molecular weight excluding hydrogens is 412 g/mol. The molecule has 0 unspecified atom stereocenters. The van der Waals surface area contributed by atoms with E-state index < -0.39 is 0 Å². The van der Waals surface area contributed by atoms with Crippen LogP contribution in [0.1, 0.15) is 30.9 Å². The summed E-state index contributed by atoms with van der Waals surface area (Å²) in [7, 11) is 0. The summed E-state index contributed by atoms with van der Waals surface area (Å²) >= 11 is 1.87. The van der Waals surface area contributed by atoms with Gasteiger partial charge in [-0.05, 0) is 55.9 Å². The van der Waals surface area contributed by atoms with Gasteiger partial charge in [-0.25, -0.2) is 9.38 Å². The van der Waals surface area contributed by atoms with Crippen LogP contribution in [0.3, 0.4) is 0 Å². The van der Waals surface area contributed by atoms with Crippen molar-refractivity contribution in [1.82, 2.24) is 10.6 Å². The first-order valence-electron chi connectivity index (χ1n) is 7.43. The van der Waals surface area contributed by atoms with Crippen LogP contribution in [-0.2, 0) is 6.54 Å². The SMILES string of the molecule is CCNC(=NCc1ccc(C)c(F)c1)NCCCCSC.I. The van der Waals surface area contributed by atoms with Gasteiger partial charge in [-0.1, -0.05) is 12.1 Å². The fourth-order valence-corrected chi connectivity index (χ4v) is 2.32. The van der Waals surface area contributed by atoms with Gasteiger partial charge < -0.3 is 10.6 Å². The number of nitrogens with zero attached hydrogens (tertiary/aromatic N) is 1. The molecule has 22 heavy (non-hydrogen) atoms. The van der Waals surface area contributed by atoms with Crippen molar-refractivity contribution in [1.29, 1.82) is 0 Å². The molecule has 1 aromatic rings. The van der Waals surface area contributed by atoms with Gasteiger partial charge in [0.25, 0.3) is 0 Å². The molecular formula is C16H27FIN3S. The smallest absolute Gasteiger partial charge is 0.191 e. The Bertz CT molecular complexity index is 455. The zero-order valence-electron chi connectivity index (χ0n) is 13.6. The lowest BCUT2D eigenvalue weighted by Gasteiger charge is -2.11. The van der Waals surface area contributed by atoms with Crippen molar-refractivity contribution in [3.63, 3.8) is 0 Å². The topological polar surface area (TPSA) is 36.4 Å². The van der Waals surface area contributed by atoms with Gasteiger partial charge in [0, 0.05) is 13.1 Å². The fraction of sp³-hybridized carbons (Fsp3) is 0.562. The van der Waals surface area contributed by atoms with E-state index in [1.54, 1.807) is 19.1 Å². The molecule has 0 saturated heterocycles. The van der Waals surface area contributed by atoms with E-state index >= 15 is 0 Å². The normalized spacial score (nSPS) is 11.0. The summed E-state index contributed by atoms with van der Waals surface area (Å²) in [6, 6.07) is 5.27. The van der Waals surface area contributed by atoms with Crippen molar-refractivity contribution in [2.24, 2.45) is 4.99 Å². The number of aliphatic imine (C=N–C) groups is 1. The van der Waals surface area contributed by atoms with Crippen molar-refractivity contribution in [3.8, 4) is 0 Å². The molecule has 3 nitrogen and oxygen atoms in total. The molecule has 0 aliphatic rings. The van der Waals surface area contributed by atoms with E-state index in [4.69, 9.17) is 0 Å². The van der Waals surface area contributed by atoms with Crippen LogP contribution in [-0.4, -0.2) is 31.1 Å². The molecule has 0 atom stereocenters. The number of nitrogens with one attached hydrogen (secondary N) is 2. The molecule has 0 aliphatic heterocycles. The van der Waals surface area contributed by atoms with E-state index in [1.807, 2.05) is 24.8 Å². The van der Waals surface area contributed by atoms with Gasteiger partial charge in [-0.3, -0.25) is 0 Å². The third-order valence-electron chi connectivity index (χ3n) is 3.07. The highest BCUT2D eigenvalue weighted by molar-refractivity contribution is 14.0. The Kier molecular flexibility index (Phi) is 12.7. The molecule has 0 spiro atoms. The number of benzene rings is 1. The Balaban J connectivity index is 0.00000441. The molecule has 0 radical (unpaired) electrons. The van der Waals surface area contributed by atoms with Crippen LogP contribution >= 0.6 is 35.7 Å². The highest BCUT2D eigenvalue weighted by Crippen LogP contribution is 2.09. The Morgan fingerprint density at radius 1 is 1.27 bits per heavy atom. The Morgan fingerprint density at radius 3 is 2.68 bits per heavy atom. The van der Waals surface area contributed by atoms with Crippen LogP contribution in [0.4, 0.5) is 4.39 Å². The van der Waals surface area contributed by atoms with E-state index in [1.165, 1.54) is 12.2 Å². The maximum Gasteiger partial charge on any atom is 0.191 e. The highest BCUT2D eigenvalue weighted by atomic mass is 127. The largest absolute Gasteiger partial charge is 0.357 e. The fourth-order valence-electron chi connectivity index (χ4n) is 1.82. The molecule has 0 aliphatic carbocycles. The lowest BCUT2D eigenvalue weighted by Crippen LogP contribution is -2.37. The van der Waals surface area contributed by atoms with Crippen molar-refractivity contribution in [2.45, 2.75) is 33.2 Å². The molecule has 6 heteroatoms. The van der Waals surface area contributed by atoms with Crippen molar-refractivity contribution < 1.29 is 4.39 Å². The number of rotatable bonds is 8. The van der Waals surface area contributed by atoms with Crippen LogP contribution in [0.5, 0.6) is 0 Å². The minimum atomic E-state index is -0.169. The zero-order chi connectivity index (χ0) is 15.5. The second kappa shape index (κ2) is 13.0. The molecule has 0 heterocycles. The van der Waals surface area contributed by atoms with Crippen molar-refractivity contribution in [2.75, 3.05) is 25.1 Å². The highest BCUT2D eigenvalue weighted by Gasteiger charge is 2.00. The Morgan fingerprint density at radius 2 is 2.05 bits per heavy atom. The number of unbranched alkanes of at least 4 members (excludes halogenated alkanes) is 1. The second-order valence-corrected chi connectivity index (χ2v) is 5.89. The summed E-state index contributed by atoms with van der Waals surface area (Å²) in [5.74, 6) is 1.82. The second-order valence-electron chi connectivity index (χ2n) is 4.91. The predicted octanol–water partition coefficient (Wildman–Crippen LogP) is 3.95. The van der Waals surface area contributed by atoms with Gasteiger partial charge in [-0.15, -0.1) is 24.0 Å². The molecule has 1 rings (SSSR count). The molecule has 0 bridgehead atoms. The summed E-state index contributed by atoms with van der Waals surface area (Å²) in [6.07, 6.45) is 4.46. The minimum Gasteiger partial charge on any atom is -0.357 e. The van der Waals surface area contributed by atoms with Gasteiger partial charge in [-0.2, -0.15) is 11.8 Å². The van der Waals surface area contributed by atoms with Crippen molar-refractivity contribution in [3.05, 3.63) is 35.1 Å². The number of hydrogen-bond donors (Lipinski definition) is 2. The molecule has 0 aromatic heterocycles. The lowest BCUT2D eigenvalue weighted by molar-refractivity contribution is 0.616. The third-order valence-corrected chi connectivity index (χ3v) is 3.76. The average molecular weight is 439 g/mol. The zero-order valence-corrected chi connectivity index (χ0v) is 16.8. The Labute approximate surface area is 155 Å². The van der Waals surface area contributed by atoms with Crippen LogP contribution < -0.4 is 10.6 Å². The third kappa shape index (κ3) is 8.82. The molecule has 0 amide bonds. The number of halogens is 2. The molecule has 1 aromatic carbocycles. The van der Waals surface area contributed by atoms with Gasteiger partial charge in [0.1, 0.15) is 5.82 Å². The van der Waals surface area contributed by atoms with Crippen molar-refractivity contribution >= 4 is 41.7 Å². The predicted molar refractivity (Wildman–Crippen MR) is 107 cm³/mol. The summed E-state index contributed by atoms with van der Waals surface area (Å²) in [4.78, 5) is 4.49. The summed E-state index contributed by atoms with van der Waals surface area (Å²) in [5, 5.41) is 6.52. The first-order valence-corrected chi connectivity index (χ1v) is 8.83. The van der Waals surface area contributed by atoms with Gasteiger partial charge in [0.05, 0.1) is 6.54 Å². The quantitative estimate of drug-likeness (QED) is 0.279. The first-order chi connectivity index (χ1) is 10.2. The van der Waals surface area contributed by atoms with Crippen LogP contribution in [0.2, 0.25) is 0 Å².